The molecule has 0 aromatic heterocycles. The fourth-order valence-corrected chi connectivity index (χ4v) is 1.94. The molecule has 0 atom stereocenters. The average molecular weight is 299 g/mol. The zero-order valence-corrected chi connectivity index (χ0v) is 13.0. The Kier molecular flexibility index (Phi) is 7.46. The monoisotopic (exact) mass is 298 g/mol. The first kappa shape index (κ1) is 18.6. The number of rotatable bonds is 6. The summed E-state index contributed by atoms with van der Waals surface area (Å²) in [5, 5.41) is 3.00. The van der Waals surface area contributed by atoms with Crippen LogP contribution in [-0.2, 0) is 0 Å². The van der Waals surface area contributed by atoms with Crippen molar-refractivity contribution in [2.75, 3.05) is 6.54 Å². The molecule has 0 spiro atoms. The van der Waals surface area contributed by atoms with Crippen molar-refractivity contribution >= 4 is 24.1 Å². The molecule has 20 heavy (non-hydrogen) atoms. The summed E-state index contributed by atoms with van der Waals surface area (Å²) in [4.78, 5) is 23.3. The van der Waals surface area contributed by atoms with Gasteiger partial charge in [-0.3, -0.25) is 9.59 Å². The number of nitrogens with two attached hydrogens (primary N) is 1. The van der Waals surface area contributed by atoms with Gasteiger partial charge in [-0.25, -0.2) is 0 Å². The summed E-state index contributed by atoms with van der Waals surface area (Å²) in [5.74, 6) is -0.158. The van der Waals surface area contributed by atoms with Crippen molar-refractivity contribution in [3.05, 3.63) is 35.4 Å². The molecule has 1 aromatic carbocycles. The van der Waals surface area contributed by atoms with Crippen LogP contribution in [0.1, 0.15) is 54.3 Å². The lowest BCUT2D eigenvalue weighted by Gasteiger charge is -2.31. The van der Waals surface area contributed by atoms with E-state index in [0.29, 0.717) is 17.7 Å². The molecule has 0 fully saturated rings. The molecule has 0 radical (unpaired) electrons. The van der Waals surface area contributed by atoms with Crippen LogP contribution in [0, 0.1) is 0 Å². The number of nitrogens with one attached hydrogen (secondary N) is 1. The summed E-state index contributed by atoms with van der Waals surface area (Å²) < 4.78 is 0. The molecule has 0 saturated heterocycles. The van der Waals surface area contributed by atoms with E-state index in [0.717, 1.165) is 12.8 Å². The first-order valence-corrected chi connectivity index (χ1v) is 6.61. The number of hydrogen-bond acceptors (Lipinski definition) is 3. The van der Waals surface area contributed by atoms with Crippen molar-refractivity contribution < 1.29 is 9.59 Å². The lowest BCUT2D eigenvalue weighted by Crippen LogP contribution is -2.52. The number of amides is 1. The van der Waals surface area contributed by atoms with Crippen molar-refractivity contribution in [3.8, 4) is 0 Å². The van der Waals surface area contributed by atoms with Gasteiger partial charge in [0, 0.05) is 17.7 Å². The molecule has 5 heteroatoms. The summed E-state index contributed by atoms with van der Waals surface area (Å²) in [6.07, 6.45) is 1.58. The van der Waals surface area contributed by atoms with Crippen LogP contribution >= 0.6 is 12.4 Å². The van der Waals surface area contributed by atoms with Gasteiger partial charge in [-0.2, -0.15) is 0 Å². The number of Topliss-reactive ketones (excluding diaryl/α,β-unsaturated/α-hetero) is 1. The molecule has 1 amide bonds. The van der Waals surface area contributed by atoms with Gasteiger partial charge in [0.1, 0.15) is 0 Å². The van der Waals surface area contributed by atoms with Crippen molar-refractivity contribution in [2.24, 2.45) is 5.73 Å². The maximum absolute atomic E-state index is 12.2. The highest BCUT2D eigenvalue weighted by Gasteiger charge is 2.26. The van der Waals surface area contributed by atoms with Gasteiger partial charge in [0.05, 0.1) is 5.54 Å². The van der Waals surface area contributed by atoms with E-state index < -0.39 is 0 Å². The van der Waals surface area contributed by atoms with Crippen LogP contribution < -0.4 is 11.1 Å². The Balaban J connectivity index is 0.00000361. The van der Waals surface area contributed by atoms with E-state index in [1.54, 1.807) is 24.3 Å². The Hall–Kier alpha value is -1.39. The highest BCUT2D eigenvalue weighted by Crippen LogP contribution is 2.15. The number of carbonyl (C=O) groups is 2. The Morgan fingerprint density at radius 1 is 1.10 bits per heavy atom. The third-order valence-corrected chi connectivity index (χ3v) is 3.68. The van der Waals surface area contributed by atoms with Crippen molar-refractivity contribution in [3.63, 3.8) is 0 Å². The van der Waals surface area contributed by atoms with Crippen LogP contribution in [0.5, 0.6) is 0 Å². The summed E-state index contributed by atoms with van der Waals surface area (Å²) in [7, 11) is 0. The zero-order chi connectivity index (χ0) is 14.5. The van der Waals surface area contributed by atoms with E-state index in [4.69, 9.17) is 5.73 Å². The topological polar surface area (TPSA) is 72.2 Å². The smallest absolute Gasteiger partial charge is 0.251 e. The second-order valence-corrected chi connectivity index (χ2v) is 4.78. The first-order chi connectivity index (χ1) is 8.98. The molecule has 0 aliphatic heterocycles. The largest absolute Gasteiger partial charge is 0.345 e. The van der Waals surface area contributed by atoms with E-state index >= 15 is 0 Å². The van der Waals surface area contributed by atoms with Gasteiger partial charge in [0.25, 0.3) is 5.91 Å². The predicted octanol–water partition coefficient (Wildman–Crippen LogP) is 2.56. The van der Waals surface area contributed by atoms with Crippen LogP contribution in [0.15, 0.2) is 24.3 Å². The summed E-state index contributed by atoms with van der Waals surface area (Å²) in [6, 6.07) is 6.66. The molecule has 0 aliphatic carbocycles. The van der Waals surface area contributed by atoms with Gasteiger partial charge in [-0.1, -0.05) is 26.0 Å². The van der Waals surface area contributed by atoms with Crippen LogP contribution in [0.3, 0.4) is 0 Å². The summed E-state index contributed by atoms with van der Waals surface area (Å²) in [6.45, 7) is 5.94. The quantitative estimate of drug-likeness (QED) is 0.793. The maximum Gasteiger partial charge on any atom is 0.251 e. The number of hydrogen-bond donors (Lipinski definition) is 2. The second kappa shape index (κ2) is 8.02. The average Bonchev–Trinajstić information content (AvgIpc) is 2.45. The number of carbonyl (C=O) groups excluding carboxylic acids is 2. The van der Waals surface area contributed by atoms with Crippen LogP contribution in [0.4, 0.5) is 0 Å². The van der Waals surface area contributed by atoms with E-state index in [2.05, 4.69) is 5.32 Å². The SMILES string of the molecule is CCC(CC)(CN)NC(=O)c1ccc(C(C)=O)cc1.Cl. The molecule has 0 heterocycles. The molecule has 0 aliphatic rings. The molecular formula is C15H23ClN2O2. The fourth-order valence-electron chi connectivity index (χ4n) is 1.94. The minimum absolute atomic E-state index is 0. The predicted molar refractivity (Wildman–Crippen MR) is 83.5 cm³/mol. The van der Waals surface area contributed by atoms with Gasteiger partial charge < -0.3 is 11.1 Å². The normalized spacial score (nSPS) is 10.6. The number of halogens is 1. The zero-order valence-electron chi connectivity index (χ0n) is 12.2. The lowest BCUT2D eigenvalue weighted by atomic mass is 9.92. The van der Waals surface area contributed by atoms with E-state index in [9.17, 15) is 9.59 Å². The maximum atomic E-state index is 12.2. The Bertz CT molecular complexity index is 445. The molecule has 0 unspecified atom stereocenters. The van der Waals surface area contributed by atoms with Crippen LogP contribution in [0.25, 0.3) is 0 Å². The van der Waals surface area contributed by atoms with E-state index in [1.807, 2.05) is 13.8 Å². The van der Waals surface area contributed by atoms with E-state index in [-0.39, 0.29) is 29.6 Å². The lowest BCUT2D eigenvalue weighted by molar-refractivity contribution is 0.0894. The standard InChI is InChI=1S/C15H22N2O2.ClH/c1-4-15(5-2,10-16)17-14(19)13-8-6-12(7-9-13)11(3)18;/h6-9H,4-5,10,16H2,1-3H3,(H,17,19);1H. The van der Waals surface area contributed by atoms with E-state index in [1.165, 1.54) is 6.92 Å². The Morgan fingerprint density at radius 3 is 1.90 bits per heavy atom. The second-order valence-electron chi connectivity index (χ2n) is 4.78. The van der Waals surface area contributed by atoms with Crippen LogP contribution in [-0.4, -0.2) is 23.8 Å². The highest BCUT2D eigenvalue weighted by molar-refractivity contribution is 5.98. The molecule has 0 saturated carbocycles. The minimum Gasteiger partial charge on any atom is -0.345 e. The molecule has 3 N–H and O–H groups in total. The highest BCUT2D eigenvalue weighted by atomic mass is 35.5. The fraction of sp³-hybridized carbons (Fsp3) is 0.467. The molecule has 1 aromatic rings. The molecule has 0 bridgehead atoms. The Morgan fingerprint density at radius 2 is 1.55 bits per heavy atom. The summed E-state index contributed by atoms with van der Waals surface area (Å²) in [5.41, 5.74) is 6.56. The minimum atomic E-state index is -0.351. The van der Waals surface area contributed by atoms with Crippen molar-refractivity contribution in [2.45, 2.75) is 39.2 Å². The number of ketones is 1. The van der Waals surface area contributed by atoms with Gasteiger partial charge >= 0.3 is 0 Å². The van der Waals surface area contributed by atoms with Gasteiger partial charge in [-0.15, -0.1) is 12.4 Å². The third kappa shape index (κ3) is 4.32. The third-order valence-electron chi connectivity index (χ3n) is 3.68. The van der Waals surface area contributed by atoms with Crippen molar-refractivity contribution in [1.29, 1.82) is 0 Å². The van der Waals surface area contributed by atoms with Gasteiger partial charge in [0.2, 0.25) is 0 Å². The number of benzene rings is 1. The van der Waals surface area contributed by atoms with Crippen LogP contribution in [0.2, 0.25) is 0 Å². The molecular weight excluding hydrogens is 276 g/mol. The van der Waals surface area contributed by atoms with Gasteiger partial charge in [-0.05, 0) is 31.9 Å². The van der Waals surface area contributed by atoms with Gasteiger partial charge in [0.15, 0.2) is 5.78 Å². The molecule has 1 rings (SSSR count). The molecule has 4 nitrogen and oxygen atoms in total. The van der Waals surface area contributed by atoms with Crippen molar-refractivity contribution in [1.82, 2.24) is 5.32 Å². The molecule has 112 valence electrons. The summed E-state index contributed by atoms with van der Waals surface area (Å²) >= 11 is 0. The Labute approximate surface area is 126 Å². The first-order valence-electron chi connectivity index (χ1n) is 6.61.